The van der Waals surface area contributed by atoms with Gasteiger partial charge in [0, 0.05) is 36.5 Å². The summed E-state index contributed by atoms with van der Waals surface area (Å²) < 4.78 is 43.5. The fourth-order valence-corrected chi connectivity index (χ4v) is 7.89. The van der Waals surface area contributed by atoms with Crippen LogP contribution in [-0.2, 0) is 28.7 Å². The average Bonchev–Trinajstić information content (AvgIpc) is 2.97. The van der Waals surface area contributed by atoms with E-state index in [1.165, 1.54) is 19.1 Å². The van der Waals surface area contributed by atoms with Gasteiger partial charge in [-0.25, -0.2) is 8.78 Å². The van der Waals surface area contributed by atoms with E-state index in [1.807, 2.05) is 0 Å². The lowest BCUT2D eigenvalue weighted by Crippen LogP contribution is -2.71. The van der Waals surface area contributed by atoms with E-state index in [-0.39, 0.29) is 24.8 Å². The van der Waals surface area contributed by atoms with Crippen molar-refractivity contribution in [3.63, 3.8) is 0 Å². The number of ether oxygens (including phenoxy) is 2. The molecule has 3 saturated carbocycles. The SMILES string of the molecule is CC(=O)OCC(=O)[C@@]1(OC(C)=O)[C@@H](C)C[C@@H]2[C@H]3C[C@H](F)C4=CC(=O)C=C[C@]4(C)[C@@]3(F)[C@@H](O)C[C@@]21C. The lowest BCUT2D eigenvalue weighted by Gasteiger charge is -2.63. The van der Waals surface area contributed by atoms with E-state index in [4.69, 9.17) is 9.47 Å². The van der Waals surface area contributed by atoms with Crippen LogP contribution in [0.4, 0.5) is 8.78 Å². The molecule has 0 aromatic heterocycles. The Hall–Kier alpha value is -2.42. The maximum Gasteiger partial charge on any atom is 0.303 e. The average molecular weight is 495 g/mol. The lowest BCUT2D eigenvalue weighted by molar-refractivity contribution is -0.231. The third-order valence-corrected chi connectivity index (χ3v) is 9.29. The Morgan fingerprint density at radius 1 is 1.14 bits per heavy atom. The molecule has 0 aromatic rings. The molecule has 192 valence electrons. The van der Waals surface area contributed by atoms with Gasteiger partial charge in [-0.1, -0.05) is 19.9 Å². The first kappa shape index (κ1) is 25.7. The van der Waals surface area contributed by atoms with Crippen LogP contribution in [-0.4, -0.2) is 58.8 Å². The zero-order valence-electron chi connectivity index (χ0n) is 20.6. The number of hydrogen-bond acceptors (Lipinski definition) is 7. The molecule has 0 amide bonds. The van der Waals surface area contributed by atoms with Gasteiger partial charge < -0.3 is 14.6 Å². The van der Waals surface area contributed by atoms with Crippen LogP contribution < -0.4 is 0 Å². The van der Waals surface area contributed by atoms with Gasteiger partial charge in [0.15, 0.2) is 23.7 Å². The second-order valence-corrected chi connectivity index (χ2v) is 11.0. The van der Waals surface area contributed by atoms with E-state index in [1.54, 1.807) is 13.8 Å². The number of esters is 2. The monoisotopic (exact) mass is 494 g/mol. The quantitative estimate of drug-likeness (QED) is 0.599. The van der Waals surface area contributed by atoms with Crippen molar-refractivity contribution in [3.8, 4) is 0 Å². The summed E-state index contributed by atoms with van der Waals surface area (Å²) in [7, 11) is 0. The number of Topliss-reactive ketones (excluding diaryl/α,β-unsaturated/α-hetero) is 1. The molecule has 0 aromatic carbocycles. The molecule has 0 radical (unpaired) electrons. The smallest absolute Gasteiger partial charge is 0.303 e. The molecular formula is C26H32F2O7. The van der Waals surface area contributed by atoms with Crippen molar-refractivity contribution in [2.24, 2.45) is 28.6 Å². The number of allylic oxidation sites excluding steroid dienone is 4. The minimum absolute atomic E-state index is 0.00892. The molecular weight excluding hydrogens is 462 g/mol. The van der Waals surface area contributed by atoms with Crippen molar-refractivity contribution in [1.29, 1.82) is 0 Å². The van der Waals surface area contributed by atoms with Gasteiger partial charge in [-0.3, -0.25) is 19.2 Å². The maximum atomic E-state index is 17.3. The van der Waals surface area contributed by atoms with E-state index in [2.05, 4.69) is 0 Å². The number of aliphatic hydroxyl groups is 1. The van der Waals surface area contributed by atoms with E-state index in [9.17, 15) is 24.3 Å². The number of carbonyl (C=O) groups excluding carboxylic acids is 4. The molecule has 0 saturated heterocycles. The van der Waals surface area contributed by atoms with Crippen LogP contribution >= 0.6 is 0 Å². The molecule has 4 aliphatic rings. The highest BCUT2D eigenvalue weighted by atomic mass is 19.1. The van der Waals surface area contributed by atoms with Gasteiger partial charge in [-0.15, -0.1) is 0 Å². The number of fused-ring (bicyclic) bond motifs is 5. The molecule has 0 bridgehead atoms. The fourth-order valence-electron chi connectivity index (χ4n) is 7.89. The van der Waals surface area contributed by atoms with Crippen molar-refractivity contribution in [1.82, 2.24) is 0 Å². The number of aliphatic hydroxyl groups excluding tert-OH is 1. The molecule has 7 nitrogen and oxygen atoms in total. The van der Waals surface area contributed by atoms with Gasteiger partial charge in [-0.05, 0) is 49.8 Å². The first-order valence-corrected chi connectivity index (χ1v) is 12.0. The molecule has 3 fully saturated rings. The first-order valence-electron chi connectivity index (χ1n) is 12.0. The van der Waals surface area contributed by atoms with Crippen LogP contribution in [0.15, 0.2) is 23.8 Å². The zero-order valence-corrected chi connectivity index (χ0v) is 20.6. The van der Waals surface area contributed by atoms with Gasteiger partial charge in [0.1, 0.15) is 6.17 Å². The largest absolute Gasteiger partial charge is 0.458 e. The third-order valence-electron chi connectivity index (χ3n) is 9.29. The Morgan fingerprint density at radius 3 is 2.40 bits per heavy atom. The Morgan fingerprint density at radius 2 is 1.80 bits per heavy atom. The summed E-state index contributed by atoms with van der Waals surface area (Å²) in [5, 5.41) is 11.4. The van der Waals surface area contributed by atoms with E-state index in [0.29, 0.717) is 0 Å². The predicted molar refractivity (Wildman–Crippen MR) is 119 cm³/mol. The fraction of sp³-hybridized carbons (Fsp3) is 0.692. The van der Waals surface area contributed by atoms with E-state index >= 15 is 8.78 Å². The highest BCUT2D eigenvalue weighted by Crippen LogP contribution is 2.71. The van der Waals surface area contributed by atoms with Gasteiger partial charge in [0.05, 0.1) is 6.10 Å². The normalized spacial score (nSPS) is 46.1. The van der Waals surface area contributed by atoms with Crippen LogP contribution in [0.25, 0.3) is 0 Å². The minimum Gasteiger partial charge on any atom is -0.458 e. The topological polar surface area (TPSA) is 107 Å². The Bertz CT molecular complexity index is 1050. The second-order valence-electron chi connectivity index (χ2n) is 11.0. The number of ketones is 2. The van der Waals surface area contributed by atoms with Gasteiger partial charge in [0.2, 0.25) is 5.78 Å². The summed E-state index contributed by atoms with van der Waals surface area (Å²) in [5.41, 5.74) is -6.90. The third kappa shape index (κ3) is 3.22. The lowest BCUT2D eigenvalue weighted by atomic mass is 9.44. The molecule has 0 unspecified atom stereocenters. The summed E-state index contributed by atoms with van der Waals surface area (Å²) in [5.74, 6) is -4.77. The molecule has 35 heavy (non-hydrogen) atoms. The Balaban J connectivity index is 1.85. The number of alkyl halides is 2. The highest BCUT2D eigenvalue weighted by molar-refractivity contribution is 6.01. The predicted octanol–water partition coefficient (Wildman–Crippen LogP) is 2.99. The number of halogens is 2. The van der Waals surface area contributed by atoms with Crippen molar-refractivity contribution >= 4 is 23.5 Å². The van der Waals surface area contributed by atoms with Crippen molar-refractivity contribution in [3.05, 3.63) is 23.8 Å². The number of rotatable bonds is 4. The van der Waals surface area contributed by atoms with Crippen molar-refractivity contribution in [2.75, 3.05) is 6.61 Å². The Kier molecular flexibility index (Phi) is 5.90. The summed E-state index contributed by atoms with van der Waals surface area (Å²) in [6.07, 6.45) is 0.118. The van der Waals surface area contributed by atoms with Gasteiger partial charge in [-0.2, -0.15) is 0 Å². The summed E-state index contributed by atoms with van der Waals surface area (Å²) >= 11 is 0. The molecule has 9 heteroatoms. The summed E-state index contributed by atoms with van der Waals surface area (Å²) in [6.45, 7) is 6.52. The molecule has 4 rings (SSSR count). The molecule has 0 spiro atoms. The molecule has 4 aliphatic carbocycles. The minimum atomic E-state index is -2.31. The zero-order chi connectivity index (χ0) is 26.1. The van der Waals surface area contributed by atoms with Gasteiger partial charge in [0.25, 0.3) is 0 Å². The standard InChI is InChI=1S/C26H32F2O7/c1-13-8-17-18-10-20(27)19-9-16(31)6-7-23(19,4)25(18,28)21(32)11-24(17,5)26(13,35-15(3)30)22(33)12-34-14(2)29/h6-7,9,13,17-18,20-21,32H,8,10-12H2,1-5H3/t13-,17+,18+,20-,21-,23-,24-,25-,26-/m0/s1. The van der Waals surface area contributed by atoms with Gasteiger partial charge >= 0.3 is 11.9 Å². The summed E-state index contributed by atoms with van der Waals surface area (Å²) in [6, 6.07) is 0. The molecule has 1 N–H and O–H groups in total. The van der Waals surface area contributed by atoms with Crippen molar-refractivity contribution in [2.45, 2.75) is 77.4 Å². The van der Waals surface area contributed by atoms with Crippen molar-refractivity contribution < 1.29 is 42.5 Å². The molecule has 0 aliphatic heterocycles. The number of carbonyl (C=O) groups is 4. The van der Waals surface area contributed by atoms with Crippen LogP contribution in [0.5, 0.6) is 0 Å². The summed E-state index contributed by atoms with van der Waals surface area (Å²) in [4.78, 5) is 49.1. The maximum absolute atomic E-state index is 17.3. The molecule has 0 heterocycles. The van der Waals surface area contributed by atoms with E-state index in [0.717, 1.165) is 19.9 Å². The van der Waals surface area contributed by atoms with Crippen LogP contribution in [0.2, 0.25) is 0 Å². The van der Waals surface area contributed by atoms with Crippen LogP contribution in [0, 0.1) is 28.6 Å². The first-order chi connectivity index (χ1) is 16.1. The Labute approximate surface area is 202 Å². The van der Waals surface area contributed by atoms with Crippen LogP contribution in [0.1, 0.15) is 53.9 Å². The van der Waals surface area contributed by atoms with Crippen LogP contribution in [0.3, 0.4) is 0 Å². The number of hydrogen-bond donors (Lipinski definition) is 1. The van der Waals surface area contributed by atoms with E-state index < -0.39 is 82.2 Å². The molecule has 9 atom stereocenters. The second kappa shape index (κ2) is 8.05. The highest BCUT2D eigenvalue weighted by Gasteiger charge is 2.78.